The van der Waals surface area contributed by atoms with Crippen molar-refractivity contribution in [3.63, 3.8) is 0 Å². The van der Waals surface area contributed by atoms with Crippen LogP contribution < -0.4 is 10.1 Å². The zero-order valence-electron chi connectivity index (χ0n) is 9.75. The lowest BCUT2D eigenvalue weighted by atomic mass is 10.2. The second-order valence-corrected chi connectivity index (χ2v) is 4.44. The van der Waals surface area contributed by atoms with Crippen LogP contribution >= 0.6 is 11.3 Å². The molecule has 1 N–H and O–H groups in total. The standard InChI is InChI=1S/C12H12N2O3S/c1-17-12-5-10(4-11(6-12)14(15)16)13-7-9-2-3-18-8-9/h2-6,8,13H,7H2,1H3. The van der Waals surface area contributed by atoms with Crippen LogP contribution in [0.25, 0.3) is 0 Å². The van der Waals surface area contributed by atoms with E-state index in [2.05, 4.69) is 5.32 Å². The van der Waals surface area contributed by atoms with Gasteiger partial charge < -0.3 is 10.1 Å². The van der Waals surface area contributed by atoms with Crippen molar-refractivity contribution < 1.29 is 9.66 Å². The molecule has 6 heteroatoms. The fourth-order valence-corrected chi connectivity index (χ4v) is 2.17. The van der Waals surface area contributed by atoms with E-state index in [0.29, 0.717) is 18.0 Å². The van der Waals surface area contributed by atoms with Gasteiger partial charge in [-0.2, -0.15) is 11.3 Å². The van der Waals surface area contributed by atoms with E-state index < -0.39 is 4.92 Å². The van der Waals surface area contributed by atoms with Gasteiger partial charge in [0.25, 0.3) is 5.69 Å². The van der Waals surface area contributed by atoms with E-state index in [-0.39, 0.29) is 5.69 Å². The fraction of sp³-hybridized carbons (Fsp3) is 0.167. The van der Waals surface area contributed by atoms with Gasteiger partial charge in [0.1, 0.15) is 5.75 Å². The van der Waals surface area contributed by atoms with Crippen LogP contribution in [0.4, 0.5) is 11.4 Å². The molecule has 18 heavy (non-hydrogen) atoms. The Bertz CT molecular complexity index is 540. The van der Waals surface area contributed by atoms with E-state index in [1.165, 1.54) is 19.2 Å². The monoisotopic (exact) mass is 264 g/mol. The molecule has 2 rings (SSSR count). The number of nitrogens with zero attached hydrogens (tertiary/aromatic N) is 1. The van der Waals surface area contributed by atoms with Crippen molar-refractivity contribution in [2.24, 2.45) is 0 Å². The molecule has 0 aliphatic rings. The first kappa shape index (κ1) is 12.4. The Labute approximate surface area is 108 Å². The van der Waals surface area contributed by atoms with E-state index in [1.54, 1.807) is 17.4 Å². The molecule has 0 atom stereocenters. The second-order valence-electron chi connectivity index (χ2n) is 3.66. The summed E-state index contributed by atoms with van der Waals surface area (Å²) < 4.78 is 5.04. The van der Waals surface area contributed by atoms with Gasteiger partial charge in [-0.25, -0.2) is 0 Å². The molecular formula is C12H12N2O3S. The Morgan fingerprint density at radius 3 is 2.89 bits per heavy atom. The largest absolute Gasteiger partial charge is 0.496 e. The average molecular weight is 264 g/mol. The number of methoxy groups -OCH3 is 1. The quantitative estimate of drug-likeness (QED) is 0.665. The summed E-state index contributed by atoms with van der Waals surface area (Å²) >= 11 is 1.62. The smallest absolute Gasteiger partial charge is 0.275 e. The fourth-order valence-electron chi connectivity index (χ4n) is 1.51. The van der Waals surface area contributed by atoms with E-state index in [1.807, 2.05) is 16.8 Å². The molecule has 1 aromatic heterocycles. The van der Waals surface area contributed by atoms with Gasteiger partial charge in [0.2, 0.25) is 0 Å². The van der Waals surface area contributed by atoms with Crippen LogP contribution in [0.2, 0.25) is 0 Å². The molecule has 1 aromatic carbocycles. The third kappa shape index (κ3) is 2.98. The van der Waals surface area contributed by atoms with Gasteiger partial charge in [-0.15, -0.1) is 0 Å². The molecule has 0 bridgehead atoms. The van der Waals surface area contributed by atoms with Crippen LogP contribution in [0.1, 0.15) is 5.56 Å². The van der Waals surface area contributed by atoms with Gasteiger partial charge in [-0.3, -0.25) is 10.1 Å². The van der Waals surface area contributed by atoms with Crippen molar-refractivity contribution in [3.05, 3.63) is 50.7 Å². The van der Waals surface area contributed by atoms with Crippen molar-refractivity contribution in [3.8, 4) is 5.75 Å². The molecule has 0 spiro atoms. The number of hydrogen-bond donors (Lipinski definition) is 1. The molecule has 0 amide bonds. The summed E-state index contributed by atoms with van der Waals surface area (Å²) in [6.07, 6.45) is 0. The average Bonchev–Trinajstić information content (AvgIpc) is 2.89. The number of non-ortho nitro benzene ring substituents is 1. The lowest BCUT2D eigenvalue weighted by Crippen LogP contribution is -1.99. The van der Waals surface area contributed by atoms with Crippen molar-refractivity contribution in [2.45, 2.75) is 6.54 Å². The first-order chi connectivity index (χ1) is 8.69. The third-order valence-corrected chi connectivity index (χ3v) is 3.15. The lowest BCUT2D eigenvalue weighted by Gasteiger charge is -2.07. The van der Waals surface area contributed by atoms with Crippen molar-refractivity contribution in [2.75, 3.05) is 12.4 Å². The molecule has 0 radical (unpaired) electrons. The second kappa shape index (κ2) is 5.50. The van der Waals surface area contributed by atoms with E-state index in [0.717, 1.165) is 5.56 Å². The predicted molar refractivity (Wildman–Crippen MR) is 71.3 cm³/mol. The summed E-state index contributed by atoms with van der Waals surface area (Å²) in [6, 6.07) is 6.64. The molecular weight excluding hydrogens is 252 g/mol. The number of rotatable bonds is 5. The van der Waals surface area contributed by atoms with Crippen LogP contribution in [0.3, 0.4) is 0 Å². The first-order valence-electron chi connectivity index (χ1n) is 5.27. The number of anilines is 1. The van der Waals surface area contributed by atoms with Crippen LogP contribution in [0, 0.1) is 10.1 Å². The number of hydrogen-bond acceptors (Lipinski definition) is 5. The first-order valence-corrected chi connectivity index (χ1v) is 6.22. The Balaban J connectivity index is 2.16. The SMILES string of the molecule is COc1cc(NCc2ccsc2)cc([N+](=O)[O-])c1. The van der Waals surface area contributed by atoms with Gasteiger partial charge in [0.05, 0.1) is 18.1 Å². The summed E-state index contributed by atoms with van der Waals surface area (Å²) in [6.45, 7) is 0.633. The molecule has 0 unspecified atom stereocenters. The highest BCUT2D eigenvalue weighted by Gasteiger charge is 2.10. The number of nitro benzene ring substituents is 1. The maximum absolute atomic E-state index is 10.8. The maximum atomic E-state index is 10.8. The minimum absolute atomic E-state index is 0.0159. The number of benzene rings is 1. The Morgan fingerprint density at radius 2 is 2.28 bits per heavy atom. The van der Waals surface area contributed by atoms with Gasteiger partial charge >= 0.3 is 0 Å². The molecule has 0 aliphatic carbocycles. The summed E-state index contributed by atoms with van der Waals surface area (Å²) in [5, 5.41) is 17.9. The van der Waals surface area contributed by atoms with Crippen LogP contribution in [-0.2, 0) is 6.54 Å². The topological polar surface area (TPSA) is 64.4 Å². The highest BCUT2D eigenvalue weighted by molar-refractivity contribution is 7.07. The molecule has 2 aromatic rings. The summed E-state index contributed by atoms with van der Waals surface area (Å²) in [5.41, 5.74) is 1.83. The van der Waals surface area contributed by atoms with Crippen LogP contribution in [0.5, 0.6) is 5.75 Å². The predicted octanol–water partition coefficient (Wildman–Crippen LogP) is 3.28. The number of nitrogens with one attached hydrogen (secondary N) is 1. The molecule has 0 saturated heterocycles. The van der Waals surface area contributed by atoms with Gasteiger partial charge in [0, 0.05) is 24.4 Å². The summed E-state index contributed by atoms with van der Waals surface area (Å²) in [7, 11) is 1.49. The van der Waals surface area contributed by atoms with Gasteiger partial charge in [0.15, 0.2) is 0 Å². The Kier molecular flexibility index (Phi) is 3.78. The minimum Gasteiger partial charge on any atom is -0.496 e. The van der Waals surface area contributed by atoms with E-state index in [9.17, 15) is 10.1 Å². The minimum atomic E-state index is -0.432. The van der Waals surface area contributed by atoms with Crippen molar-refractivity contribution >= 4 is 22.7 Å². The van der Waals surface area contributed by atoms with Crippen molar-refractivity contribution in [1.29, 1.82) is 0 Å². The lowest BCUT2D eigenvalue weighted by molar-refractivity contribution is -0.384. The highest BCUT2D eigenvalue weighted by atomic mass is 32.1. The van der Waals surface area contributed by atoms with E-state index >= 15 is 0 Å². The highest BCUT2D eigenvalue weighted by Crippen LogP contribution is 2.26. The van der Waals surface area contributed by atoms with Gasteiger partial charge in [-0.1, -0.05) is 0 Å². The third-order valence-electron chi connectivity index (χ3n) is 2.41. The molecule has 5 nitrogen and oxygen atoms in total. The molecule has 94 valence electrons. The number of thiophene rings is 1. The zero-order chi connectivity index (χ0) is 13.0. The molecule has 1 heterocycles. The van der Waals surface area contributed by atoms with Gasteiger partial charge in [-0.05, 0) is 22.4 Å². The van der Waals surface area contributed by atoms with E-state index in [4.69, 9.17) is 4.74 Å². The maximum Gasteiger partial charge on any atom is 0.275 e. The Hall–Kier alpha value is -2.08. The molecule has 0 fully saturated rings. The number of nitro groups is 1. The van der Waals surface area contributed by atoms with Crippen molar-refractivity contribution in [1.82, 2.24) is 0 Å². The summed E-state index contributed by atoms with van der Waals surface area (Å²) in [4.78, 5) is 10.3. The Morgan fingerprint density at radius 1 is 1.44 bits per heavy atom. The van der Waals surface area contributed by atoms with Crippen LogP contribution in [0.15, 0.2) is 35.0 Å². The van der Waals surface area contributed by atoms with Crippen LogP contribution in [-0.4, -0.2) is 12.0 Å². The zero-order valence-corrected chi connectivity index (χ0v) is 10.6. The molecule has 0 aliphatic heterocycles. The summed E-state index contributed by atoms with van der Waals surface area (Å²) in [5.74, 6) is 0.469. The molecule has 0 saturated carbocycles. The normalized spacial score (nSPS) is 10.1. The number of ether oxygens (including phenoxy) is 1.